The zero-order valence-corrected chi connectivity index (χ0v) is 12.8. The van der Waals surface area contributed by atoms with E-state index in [1.54, 1.807) is 0 Å². The number of anilines is 1. The Bertz CT molecular complexity index is 730. The van der Waals surface area contributed by atoms with Gasteiger partial charge in [-0.1, -0.05) is 40.5 Å². The topological polar surface area (TPSA) is 51.0 Å². The Kier molecular flexibility index (Phi) is 4.19. The van der Waals surface area contributed by atoms with Gasteiger partial charge in [-0.05, 0) is 38.1 Å². The third-order valence-corrected chi connectivity index (χ3v) is 3.39. The van der Waals surface area contributed by atoms with Crippen LogP contribution in [0.4, 0.5) is 5.69 Å². The van der Waals surface area contributed by atoms with Crippen LogP contribution in [0.2, 0.25) is 0 Å². The molecular formula is C18H19N3O. The summed E-state index contributed by atoms with van der Waals surface area (Å²) in [4.78, 5) is 4.48. The molecular weight excluding hydrogens is 274 g/mol. The molecule has 1 N–H and O–H groups in total. The number of aromatic nitrogens is 2. The molecule has 0 fully saturated rings. The van der Waals surface area contributed by atoms with Crippen molar-refractivity contribution in [2.45, 2.75) is 20.3 Å². The maximum atomic E-state index is 5.37. The molecule has 0 amide bonds. The summed E-state index contributed by atoms with van der Waals surface area (Å²) in [5.41, 5.74) is 4.47. The third kappa shape index (κ3) is 3.52. The van der Waals surface area contributed by atoms with Crippen molar-refractivity contribution in [3.63, 3.8) is 0 Å². The zero-order valence-electron chi connectivity index (χ0n) is 12.8. The molecule has 112 valence electrons. The van der Waals surface area contributed by atoms with Gasteiger partial charge in [-0.3, -0.25) is 0 Å². The lowest BCUT2D eigenvalue weighted by Crippen LogP contribution is -2.05. The Balaban J connectivity index is 1.64. The molecule has 0 atom stereocenters. The predicted molar refractivity (Wildman–Crippen MR) is 87.8 cm³/mol. The zero-order chi connectivity index (χ0) is 15.4. The van der Waals surface area contributed by atoms with Crippen LogP contribution in [0, 0.1) is 13.8 Å². The molecule has 0 unspecified atom stereocenters. The van der Waals surface area contributed by atoms with Crippen molar-refractivity contribution >= 4 is 5.69 Å². The minimum atomic E-state index is 0.585. The van der Waals surface area contributed by atoms with E-state index in [0.29, 0.717) is 5.89 Å². The molecule has 0 saturated heterocycles. The molecule has 22 heavy (non-hydrogen) atoms. The van der Waals surface area contributed by atoms with Crippen LogP contribution in [0.15, 0.2) is 53.1 Å². The maximum absolute atomic E-state index is 5.37. The normalized spacial score (nSPS) is 10.6. The lowest BCUT2D eigenvalue weighted by molar-refractivity contribution is 0.423. The number of nitrogens with zero attached hydrogens (tertiary/aromatic N) is 2. The SMILES string of the molecule is Cc1cc(C)cc(-c2nc(CCNc3ccccc3)no2)c1. The molecule has 0 saturated carbocycles. The van der Waals surface area contributed by atoms with Gasteiger partial charge in [0.2, 0.25) is 0 Å². The Morgan fingerprint density at radius 2 is 1.73 bits per heavy atom. The second-order valence-corrected chi connectivity index (χ2v) is 5.43. The Hall–Kier alpha value is -2.62. The molecule has 4 nitrogen and oxygen atoms in total. The fourth-order valence-corrected chi connectivity index (χ4v) is 2.45. The molecule has 0 aliphatic rings. The van der Waals surface area contributed by atoms with Gasteiger partial charge < -0.3 is 9.84 Å². The van der Waals surface area contributed by atoms with E-state index in [1.807, 2.05) is 30.3 Å². The lowest BCUT2D eigenvalue weighted by atomic mass is 10.1. The van der Waals surface area contributed by atoms with Gasteiger partial charge in [0.1, 0.15) is 0 Å². The van der Waals surface area contributed by atoms with E-state index in [2.05, 4.69) is 47.5 Å². The number of para-hydroxylation sites is 1. The third-order valence-electron chi connectivity index (χ3n) is 3.39. The lowest BCUT2D eigenvalue weighted by Gasteiger charge is -2.03. The van der Waals surface area contributed by atoms with Crippen LogP contribution in [0.5, 0.6) is 0 Å². The van der Waals surface area contributed by atoms with Crippen LogP contribution in [0.1, 0.15) is 17.0 Å². The van der Waals surface area contributed by atoms with Crippen LogP contribution in [-0.2, 0) is 6.42 Å². The summed E-state index contributed by atoms with van der Waals surface area (Å²) in [6.07, 6.45) is 0.725. The average molecular weight is 293 g/mol. The van der Waals surface area contributed by atoms with Gasteiger partial charge >= 0.3 is 0 Å². The van der Waals surface area contributed by atoms with Crippen molar-refractivity contribution < 1.29 is 4.52 Å². The highest BCUT2D eigenvalue weighted by atomic mass is 16.5. The maximum Gasteiger partial charge on any atom is 0.257 e. The Morgan fingerprint density at radius 3 is 2.45 bits per heavy atom. The van der Waals surface area contributed by atoms with Crippen molar-refractivity contribution in [2.75, 3.05) is 11.9 Å². The molecule has 0 aliphatic heterocycles. The van der Waals surface area contributed by atoms with Crippen LogP contribution < -0.4 is 5.32 Å². The highest BCUT2D eigenvalue weighted by molar-refractivity contribution is 5.55. The van der Waals surface area contributed by atoms with Crippen LogP contribution in [0.3, 0.4) is 0 Å². The van der Waals surface area contributed by atoms with E-state index in [4.69, 9.17) is 4.52 Å². The van der Waals surface area contributed by atoms with Gasteiger partial charge in [-0.2, -0.15) is 4.98 Å². The van der Waals surface area contributed by atoms with Crippen LogP contribution in [-0.4, -0.2) is 16.7 Å². The minimum Gasteiger partial charge on any atom is -0.385 e. The van der Waals surface area contributed by atoms with E-state index < -0.39 is 0 Å². The summed E-state index contributed by atoms with van der Waals surface area (Å²) in [6, 6.07) is 16.3. The van der Waals surface area contributed by atoms with Crippen molar-refractivity contribution in [1.82, 2.24) is 10.1 Å². The van der Waals surface area contributed by atoms with E-state index in [9.17, 15) is 0 Å². The number of hydrogen-bond donors (Lipinski definition) is 1. The monoisotopic (exact) mass is 293 g/mol. The molecule has 3 aromatic rings. The molecule has 1 aromatic heterocycles. The highest BCUT2D eigenvalue weighted by Gasteiger charge is 2.09. The number of rotatable bonds is 5. The molecule has 0 spiro atoms. The summed E-state index contributed by atoms with van der Waals surface area (Å²) >= 11 is 0. The summed E-state index contributed by atoms with van der Waals surface area (Å²) in [5, 5.41) is 7.40. The number of benzene rings is 2. The molecule has 0 aliphatic carbocycles. The largest absolute Gasteiger partial charge is 0.385 e. The molecule has 2 aromatic carbocycles. The van der Waals surface area contributed by atoms with Crippen molar-refractivity contribution in [2.24, 2.45) is 0 Å². The first kappa shape index (κ1) is 14.3. The van der Waals surface area contributed by atoms with Crippen LogP contribution in [0.25, 0.3) is 11.5 Å². The van der Waals surface area contributed by atoms with Crippen molar-refractivity contribution in [1.29, 1.82) is 0 Å². The number of aryl methyl sites for hydroxylation is 2. The van der Waals surface area contributed by atoms with Crippen LogP contribution >= 0.6 is 0 Å². The quantitative estimate of drug-likeness (QED) is 0.772. The van der Waals surface area contributed by atoms with E-state index in [0.717, 1.165) is 30.0 Å². The molecule has 3 rings (SSSR count). The second kappa shape index (κ2) is 6.43. The molecule has 0 radical (unpaired) electrons. The van der Waals surface area contributed by atoms with Crippen molar-refractivity contribution in [3.05, 3.63) is 65.5 Å². The fourth-order valence-electron chi connectivity index (χ4n) is 2.45. The summed E-state index contributed by atoms with van der Waals surface area (Å²) in [5.74, 6) is 1.30. The first-order chi connectivity index (χ1) is 10.7. The summed E-state index contributed by atoms with van der Waals surface area (Å²) < 4.78 is 5.37. The predicted octanol–water partition coefficient (Wildman–Crippen LogP) is 4.01. The van der Waals surface area contributed by atoms with Crippen molar-refractivity contribution in [3.8, 4) is 11.5 Å². The summed E-state index contributed by atoms with van der Waals surface area (Å²) in [6.45, 7) is 4.91. The summed E-state index contributed by atoms with van der Waals surface area (Å²) in [7, 11) is 0. The number of nitrogens with one attached hydrogen (secondary N) is 1. The van der Waals surface area contributed by atoms with E-state index >= 15 is 0 Å². The van der Waals surface area contributed by atoms with Gasteiger partial charge in [0.15, 0.2) is 5.82 Å². The Morgan fingerprint density at radius 1 is 1.00 bits per heavy atom. The van der Waals surface area contributed by atoms with E-state index in [-0.39, 0.29) is 0 Å². The number of hydrogen-bond acceptors (Lipinski definition) is 4. The van der Waals surface area contributed by atoms with Gasteiger partial charge in [-0.15, -0.1) is 0 Å². The Labute approximate surface area is 130 Å². The van der Waals surface area contributed by atoms with E-state index in [1.165, 1.54) is 11.1 Å². The highest BCUT2D eigenvalue weighted by Crippen LogP contribution is 2.20. The smallest absolute Gasteiger partial charge is 0.257 e. The standard InChI is InChI=1S/C18H19N3O/c1-13-10-14(2)12-15(11-13)18-20-17(21-22-18)8-9-19-16-6-4-3-5-7-16/h3-7,10-12,19H,8-9H2,1-2H3. The fraction of sp³-hybridized carbons (Fsp3) is 0.222. The first-order valence-corrected chi connectivity index (χ1v) is 7.41. The van der Waals surface area contributed by atoms with Gasteiger partial charge in [-0.25, -0.2) is 0 Å². The second-order valence-electron chi connectivity index (χ2n) is 5.43. The first-order valence-electron chi connectivity index (χ1n) is 7.41. The molecule has 0 bridgehead atoms. The van der Waals surface area contributed by atoms with Gasteiger partial charge in [0.05, 0.1) is 0 Å². The molecule has 1 heterocycles. The average Bonchev–Trinajstić information content (AvgIpc) is 2.96. The van der Waals surface area contributed by atoms with Gasteiger partial charge in [0, 0.05) is 24.2 Å². The van der Waals surface area contributed by atoms with Gasteiger partial charge in [0.25, 0.3) is 5.89 Å². The molecule has 4 heteroatoms. The minimum absolute atomic E-state index is 0.585.